The van der Waals surface area contributed by atoms with Crippen molar-refractivity contribution in [3.63, 3.8) is 0 Å². The van der Waals surface area contributed by atoms with Gasteiger partial charge >= 0.3 is 0 Å². The first-order valence-electron chi connectivity index (χ1n) is 9.66. The van der Waals surface area contributed by atoms with Gasteiger partial charge in [0, 0.05) is 23.8 Å². The molecular weight excluding hydrogens is 432 g/mol. The Morgan fingerprint density at radius 3 is 2.42 bits per heavy atom. The molecule has 0 spiro atoms. The lowest BCUT2D eigenvalue weighted by Crippen LogP contribution is -2.27. The summed E-state index contributed by atoms with van der Waals surface area (Å²) in [7, 11) is -3.86. The van der Waals surface area contributed by atoms with Gasteiger partial charge in [-0.25, -0.2) is 0 Å². The Balaban J connectivity index is 1.63. The van der Waals surface area contributed by atoms with Crippen molar-refractivity contribution in [1.29, 1.82) is 0 Å². The Hall–Kier alpha value is -3.29. The Morgan fingerprint density at radius 2 is 1.65 bits per heavy atom. The van der Waals surface area contributed by atoms with Gasteiger partial charge in [-0.15, -0.1) is 0 Å². The number of hydrogen-bond donors (Lipinski definition) is 0. The lowest BCUT2D eigenvalue weighted by Gasteiger charge is -2.23. The Bertz CT molecular complexity index is 1410. The third-order valence-corrected chi connectivity index (χ3v) is 7.13. The van der Waals surface area contributed by atoms with E-state index < -0.39 is 16.1 Å². The molecule has 0 N–H and O–H groups in total. The van der Waals surface area contributed by atoms with E-state index in [0.29, 0.717) is 22.7 Å². The molecule has 0 saturated carbocycles. The van der Waals surface area contributed by atoms with Crippen LogP contribution in [0.25, 0.3) is 11.0 Å². The molecule has 0 fully saturated rings. The highest BCUT2D eigenvalue weighted by atomic mass is 35.5. The molecule has 0 radical (unpaired) electrons. The predicted molar refractivity (Wildman–Crippen MR) is 120 cm³/mol. The number of aromatic nitrogens is 2. The molecule has 0 aliphatic carbocycles. The summed E-state index contributed by atoms with van der Waals surface area (Å²) in [6.45, 7) is 0. The summed E-state index contributed by atoms with van der Waals surface area (Å²) < 4.78 is 28.2. The van der Waals surface area contributed by atoms with Gasteiger partial charge in [-0.2, -0.15) is 17.9 Å². The zero-order valence-corrected chi connectivity index (χ0v) is 17.8. The van der Waals surface area contributed by atoms with Gasteiger partial charge in [0.05, 0.1) is 27.7 Å². The molecule has 154 valence electrons. The number of hydrazone groups is 1. The number of benzene rings is 3. The normalized spacial score (nSPS) is 16.5. The van der Waals surface area contributed by atoms with E-state index in [1.54, 1.807) is 54.9 Å². The number of halogens is 1. The van der Waals surface area contributed by atoms with Crippen LogP contribution in [0.1, 0.15) is 23.6 Å². The minimum absolute atomic E-state index is 0.191. The molecule has 1 aliphatic rings. The smallest absolute Gasteiger partial charge is 0.253 e. The molecule has 0 unspecified atom stereocenters. The molecule has 3 aromatic carbocycles. The van der Waals surface area contributed by atoms with Crippen LogP contribution in [0.3, 0.4) is 0 Å². The van der Waals surface area contributed by atoms with E-state index in [1.165, 1.54) is 4.41 Å². The molecule has 1 aliphatic heterocycles. The SMILES string of the molecule is O=S(=O)(c1ccccc1)N1N=C(c2cccc(Cl)c2)C[C@@H]1c1ccc2nccnc2c1. The van der Waals surface area contributed by atoms with Crippen LogP contribution in [-0.4, -0.2) is 28.5 Å². The number of fused-ring (bicyclic) bond motifs is 1. The first-order chi connectivity index (χ1) is 15.0. The highest BCUT2D eigenvalue weighted by Crippen LogP contribution is 2.38. The van der Waals surface area contributed by atoms with Crippen molar-refractivity contribution in [2.24, 2.45) is 5.10 Å². The standard InChI is InChI=1S/C23H17ClN4O2S/c24-18-6-4-5-16(13-18)21-15-23(17-9-10-20-22(14-17)26-12-11-25-20)28(27-21)31(29,30)19-7-2-1-3-8-19/h1-14,23H,15H2/t23-/m1/s1. The number of hydrogen-bond acceptors (Lipinski definition) is 5. The van der Waals surface area contributed by atoms with Crippen LogP contribution in [0, 0.1) is 0 Å². The quantitative estimate of drug-likeness (QED) is 0.448. The van der Waals surface area contributed by atoms with Crippen molar-refractivity contribution in [2.45, 2.75) is 17.4 Å². The maximum atomic E-state index is 13.5. The van der Waals surface area contributed by atoms with E-state index >= 15 is 0 Å². The van der Waals surface area contributed by atoms with E-state index in [2.05, 4.69) is 15.1 Å². The molecular formula is C23H17ClN4O2S. The highest BCUT2D eigenvalue weighted by molar-refractivity contribution is 7.89. The zero-order chi connectivity index (χ0) is 21.4. The maximum Gasteiger partial charge on any atom is 0.279 e. The Kier molecular flexibility index (Phi) is 4.92. The van der Waals surface area contributed by atoms with Gasteiger partial charge in [-0.1, -0.05) is 48.0 Å². The number of nitrogens with zero attached hydrogens (tertiary/aromatic N) is 4. The Morgan fingerprint density at radius 1 is 0.871 bits per heavy atom. The molecule has 1 atom stereocenters. The molecule has 5 rings (SSSR count). The lowest BCUT2D eigenvalue weighted by molar-refractivity contribution is 0.371. The summed E-state index contributed by atoms with van der Waals surface area (Å²) in [5, 5.41) is 5.12. The maximum absolute atomic E-state index is 13.5. The fourth-order valence-corrected chi connectivity index (χ4v) is 5.33. The summed E-state index contributed by atoms with van der Waals surface area (Å²) in [5.74, 6) is 0. The van der Waals surface area contributed by atoms with Crippen LogP contribution in [0.2, 0.25) is 5.02 Å². The minimum Gasteiger partial charge on any atom is -0.253 e. The van der Waals surface area contributed by atoms with Crippen LogP contribution in [0.5, 0.6) is 0 Å². The predicted octanol–water partition coefficient (Wildman–Crippen LogP) is 4.82. The van der Waals surface area contributed by atoms with Crippen LogP contribution < -0.4 is 0 Å². The molecule has 31 heavy (non-hydrogen) atoms. The van der Waals surface area contributed by atoms with Gasteiger partial charge < -0.3 is 0 Å². The van der Waals surface area contributed by atoms with E-state index in [0.717, 1.165) is 16.6 Å². The van der Waals surface area contributed by atoms with Crippen molar-refractivity contribution in [1.82, 2.24) is 14.4 Å². The molecule has 4 aromatic rings. The van der Waals surface area contributed by atoms with Crippen molar-refractivity contribution in [3.8, 4) is 0 Å². The summed E-state index contributed by atoms with van der Waals surface area (Å²) in [4.78, 5) is 8.85. The second kappa shape index (κ2) is 7.76. The van der Waals surface area contributed by atoms with Gasteiger partial charge in [0.2, 0.25) is 0 Å². The second-order valence-corrected chi connectivity index (χ2v) is 9.40. The first-order valence-corrected chi connectivity index (χ1v) is 11.5. The second-order valence-electron chi connectivity index (χ2n) is 7.17. The summed E-state index contributed by atoms with van der Waals surface area (Å²) >= 11 is 6.16. The third-order valence-electron chi connectivity index (χ3n) is 5.20. The summed E-state index contributed by atoms with van der Waals surface area (Å²) in [5.41, 5.74) is 3.70. The lowest BCUT2D eigenvalue weighted by atomic mass is 9.99. The molecule has 0 amide bonds. The largest absolute Gasteiger partial charge is 0.279 e. The molecule has 0 saturated heterocycles. The fourth-order valence-electron chi connectivity index (χ4n) is 3.69. The fraction of sp³-hybridized carbons (Fsp3) is 0.0870. The molecule has 8 heteroatoms. The minimum atomic E-state index is -3.86. The van der Waals surface area contributed by atoms with E-state index in [4.69, 9.17) is 11.6 Å². The average molecular weight is 449 g/mol. The summed E-state index contributed by atoms with van der Waals surface area (Å²) in [6, 6.07) is 20.7. The zero-order valence-electron chi connectivity index (χ0n) is 16.3. The molecule has 0 bridgehead atoms. The van der Waals surface area contributed by atoms with Gasteiger partial charge in [0.1, 0.15) is 0 Å². The van der Waals surface area contributed by atoms with Gasteiger partial charge in [-0.05, 0) is 47.5 Å². The van der Waals surface area contributed by atoms with Gasteiger partial charge in [0.25, 0.3) is 10.0 Å². The van der Waals surface area contributed by atoms with Crippen LogP contribution in [0.4, 0.5) is 0 Å². The molecule has 2 heterocycles. The Labute approximate surface area is 184 Å². The van der Waals surface area contributed by atoms with Crippen LogP contribution in [-0.2, 0) is 10.0 Å². The third kappa shape index (κ3) is 3.66. The summed E-state index contributed by atoms with van der Waals surface area (Å²) in [6.07, 6.45) is 3.66. The van der Waals surface area contributed by atoms with Crippen LogP contribution >= 0.6 is 11.6 Å². The topological polar surface area (TPSA) is 75.5 Å². The van der Waals surface area contributed by atoms with E-state index in [9.17, 15) is 8.42 Å². The molecule has 6 nitrogen and oxygen atoms in total. The van der Waals surface area contributed by atoms with E-state index in [-0.39, 0.29) is 4.90 Å². The average Bonchev–Trinajstić information content (AvgIpc) is 3.26. The number of sulfonamides is 1. The van der Waals surface area contributed by atoms with Gasteiger partial charge in [0.15, 0.2) is 0 Å². The van der Waals surface area contributed by atoms with Crippen molar-refractivity contribution >= 4 is 38.4 Å². The van der Waals surface area contributed by atoms with Crippen molar-refractivity contribution in [3.05, 3.63) is 101 Å². The highest BCUT2D eigenvalue weighted by Gasteiger charge is 2.37. The monoisotopic (exact) mass is 448 g/mol. The van der Waals surface area contributed by atoms with Crippen LogP contribution in [0.15, 0.2) is 95.2 Å². The van der Waals surface area contributed by atoms with Crippen molar-refractivity contribution in [2.75, 3.05) is 0 Å². The van der Waals surface area contributed by atoms with Crippen molar-refractivity contribution < 1.29 is 8.42 Å². The van der Waals surface area contributed by atoms with Gasteiger partial charge in [-0.3, -0.25) is 9.97 Å². The van der Waals surface area contributed by atoms with E-state index in [1.807, 2.05) is 30.3 Å². The first kappa shape index (κ1) is 19.7. The molecule has 1 aromatic heterocycles. The number of rotatable bonds is 4.